The Balaban J connectivity index is 2.29. The van der Waals surface area contributed by atoms with Crippen molar-refractivity contribution in [3.8, 4) is 5.88 Å². The topological polar surface area (TPSA) is 138 Å². The van der Waals surface area contributed by atoms with Crippen molar-refractivity contribution < 1.29 is 32.5 Å². The van der Waals surface area contributed by atoms with E-state index in [9.17, 15) is 23.1 Å². The number of carbonyl (C=O) groups is 1. The van der Waals surface area contributed by atoms with Crippen LogP contribution in [0, 0.1) is 5.92 Å². The number of halogens is 3. The molecule has 0 spiro atoms. The van der Waals surface area contributed by atoms with Crippen LogP contribution in [-0.2, 0) is 22.7 Å². The SMILES string of the molecule is C[Si](C)(C)CCOCn1nnnc1[C@@H](Cc1ccc(OCCN)nc1)[C@H](CC(F)(F)F)C(=O)O. The Kier molecular flexibility index (Phi) is 9.94. The maximum Gasteiger partial charge on any atom is 0.389 e. The molecule has 2 atom stereocenters. The van der Waals surface area contributed by atoms with Gasteiger partial charge in [-0.25, -0.2) is 9.67 Å². The minimum Gasteiger partial charge on any atom is -0.481 e. The van der Waals surface area contributed by atoms with E-state index in [-0.39, 0.29) is 25.6 Å². The van der Waals surface area contributed by atoms with Gasteiger partial charge in [0.25, 0.3) is 0 Å². The predicted octanol–water partition coefficient (Wildman–Crippen LogP) is 2.70. The second-order valence-electron chi connectivity index (χ2n) is 9.10. The summed E-state index contributed by atoms with van der Waals surface area (Å²) < 4.78 is 51.9. The summed E-state index contributed by atoms with van der Waals surface area (Å²) >= 11 is 0. The number of aromatic nitrogens is 5. The normalized spacial score (nSPS) is 14.1. The van der Waals surface area contributed by atoms with Gasteiger partial charge in [0.05, 0.1) is 12.3 Å². The maximum absolute atomic E-state index is 13.3. The minimum atomic E-state index is -4.69. The van der Waals surface area contributed by atoms with E-state index in [1.807, 2.05) is 0 Å². The largest absolute Gasteiger partial charge is 0.481 e. The van der Waals surface area contributed by atoms with Crippen molar-refractivity contribution in [3.05, 3.63) is 29.7 Å². The fourth-order valence-electron chi connectivity index (χ4n) is 3.20. The Morgan fingerprint density at radius 1 is 1.26 bits per heavy atom. The summed E-state index contributed by atoms with van der Waals surface area (Å²) in [4.78, 5) is 16.0. The Morgan fingerprint density at radius 2 is 2.00 bits per heavy atom. The van der Waals surface area contributed by atoms with Crippen LogP contribution in [0.15, 0.2) is 18.3 Å². The number of aliphatic carboxylic acids is 1. The van der Waals surface area contributed by atoms with Crippen molar-refractivity contribution in [2.24, 2.45) is 11.7 Å². The third-order valence-corrected chi connectivity index (χ3v) is 6.68. The van der Waals surface area contributed by atoms with Crippen molar-refractivity contribution >= 4 is 14.0 Å². The van der Waals surface area contributed by atoms with Crippen LogP contribution >= 0.6 is 0 Å². The Hall–Kier alpha value is -2.58. The Morgan fingerprint density at radius 3 is 2.56 bits per heavy atom. The molecule has 0 radical (unpaired) electrons. The number of ether oxygens (including phenoxy) is 2. The van der Waals surface area contributed by atoms with Crippen molar-refractivity contribution in [1.29, 1.82) is 0 Å². The number of carboxylic acids is 1. The summed E-state index contributed by atoms with van der Waals surface area (Å²) in [6.07, 6.45) is -4.87. The smallest absolute Gasteiger partial charge is 0.389 e. The lowest BCUT2D eigenvalue weighted by molar-refractivity contribution is -0.165. The fraction of sp³-hybridized carbons (Fsp3) is 0.650. The van der Waals surface area contributed by atoms with Crippen molar-refractivity contribution in [3.63, 3.8) is 0 Å². The minimum absolute atomic E-state index is 0.00751. The number of tetrazole rings is 1. The Labute approximate surface area is 196 Å². The van der Waals surface area contributed by atoms with Gasteiger partial charge < -0.3 is 20.3 Å². The van der Waals surface area contributed by atoms with Crippen LogP contribution < -0.4 is 10.5 Å². The molecule has 0 aliphatic heterocycles. The molecule has 0 amide bonds. The third kappa shape index (κ3) is 9.35. The van der Waals surface area contributed by atoms with Gasteiger partial charge in [-0.3, -0.25) is 4.79 Å². The molecule has 34 heavy (non-hydrogen) atoms. The first-order valence-corrected chi connectivity index (χ1v) is 14.5. The Bertz CT molecular complexity index is 905. The number of nitrogens with two attached hydrogens (primary N) is 1. The number of alkyl halides is 3. The standard InChI is InChI=1S/C20H31F3N6O4Si/c1-34(2,3)9-8-32-13-29-18(26-27-28-29)15(16(19(30)31)11-20(21,22)23)10-14-4-5-17(25-12-14)33-7-6-24/h4-5,12,15-16H,6-11,13,24H2,1-3H3,(H,30,31)/t15-,16-/m0/s1. The van der Waals surface area contributed by atoms with Crippen molar-refractivity contribution in [1.82, 2.24) is 25.2 Å². The lowest BCUT2D eigenvalue weighted by Crippen LogP contribution is -2.31. The first-order chi connectivity index (χ1) is 15.9. The molecular weight excluding hydrogens is 473 g/mol. The molecule has 0 saturated heterocycles. The van der Waals surface area contributed by atoms with Gasteiger partial charge in [-0.15, -0.1) is 5.10 Å². The zero-order valence-electron chi connectivity index (χ0n) is 19.5. The van der Waals surface area contributed by atoms with E-state index >= 15 is 0 Å². The fourth-order valence-corrected chi connectivity index (χ4v) is 3.95. The number of hydrogen-bond acceptors (Lipinski definition) is 8. The lowest BCUT2D eigenvalue weighted by atomic mass is 9.84. The molecule has 14 heteroatoms. The second-order valence-corrected chi connectivity index (χ2v) is 14.7. The third-order valence-electron chi connectivity index (χ3n) is 4.98. The van der Waals surface area contributed by atoms with Crippen LogP contribution in [0.4, 0.5) is 13.2 Å². The second kappa shape index (κ2) is 12.2. The molecule has 0 aliphatic rings. The molecule has 2 heterocycles. The summed E-state index contributed by atoms with van der Waals surface area (Å²) in [6.45, 7) is 7.46. The van der Waals surface area contributed by atoms with E-state index < -0.39 is 38.5 Å². The monoisotopic (exact) mass is 504 g/mol. The molecule has 10 nitrogen and oxygen atoms in total. The highest BCUT2D eigenvalue weighted by molar-refractivity contribution is 6.76. The van der Waals surface area contributed by atoms with Gasteiger partial charge >= 0.3 is 12.1 Å². The molecule has 0 unspecified atom stereocenters. The quantitative estimate of drug-likeness (QED) is 0.294. The van der Waals surface area contributed by atoms with E-state index in [1.165, 1.54) is 10.9 Å². The van der Waals surface area contributed by atoms with E-state index in [2.05, 4.69) is 40.2 Å². The van der Waals surface area contributed by atoms with Gasteiger partial charge in [-0.05, 0) is 28.5 Å². The van der Waals surface area contributed by atoms with Crippen LogP contribution in [0.1, 0.15) is 23.7 Å². The van der Waals surface area contributed by atoms with Crippen LogP contribution in [0.25, 0.3) is 0 Å². The summed E-state index contributed by atoms with van der Waals surface area (Å²) in [5, 5.41) is 20.9. The first kappa shape index (κ1) is 27.7. The molecule has 0 bridgehead atoms. The van der Waals surface area contributed by atoms with Crippen LogP contribution in [0.3, 0.4) is 0 Å². The molecule has 190 valence electrons. The predicted molar refractivity (Wildman–Crippen MR) is 119 cm³/mol. The highest BCUT2D eigenvalue weighted by atomic mass is 28.3. The van der Waals surface area contributed by atoms with Gasteiger partial charge in [-0.1, -0.05) is 25.7 Å². The molecule has 2 rings (SSSR count). The maximum atomic E-state index is 13.3. The van der Waals surface area contributed by atoms with E-state index in [0.29, 0.717) is 24.6 Å². The highest BCUT2D eigenvalue weighted by Crippen LogP contribution is 2.36. The van der Waals surface area contributed by atoms with Crippen LogP contribution in [-0.4, -0.2) is 70.3 Å². The van der Waals surface area contributed by atoms with E-state index in [0.717, 1.165) is 6.04 Å². The number of pyridine rings is 1. The molecule has 3 N–H and O–H groups in total. The lowest BCUT2D eigenvalue weighted by Gasteiger charge is -2.24. The van der Waals surface area contributed by atoms with E-state index in [4.69, 9.17) is 15.2 Å². The molecule has 2 aromatic heterocycles. The average Bonchev–Trinajstić information content (AvgIpc) is 3.20. The molecule has 0 saturated carbocycles. The first-order valence-electron chi connectivity index (χ1n) is 10.8. The van der Waals surface area contributed by atoms with Gasteiger partial charge in [0.15, 0.2) is 5.82 Å². The van der Waals surface area contributed by atoms with E-state index in [1.54, 1.807) is 12.1 Å². The summed E-state index contributed by atoms with van der Waals surface area (Å²) in [7, 11) is -1.35. The van der Waals surface area contributed by atoms with Gasteiger partial charge in [0.2, 0.25) is 5.88 Å². The number of hydrogen-bond donors (Lipinski definition) is 2. The van der Waals surface area contributed by atoms with Crippen LogP contribution in [0.5, 0.6) is 5.88 Å². The number of nitrogens with zero attached hydrogens (tertiary/aromatic N) is 5. The summed E-state index contributed by atoms with van der Waals surface area (Å²) in [5.74, 6) is -4.26. The van der Waals surface area contributed by atoms with Gasteiger partial charge in [0.1, 0.15) is 13.3 Å². The average molecular weight is 505 g/mol. The summed E-state index contributed by atoms with van der Waals surface area (Å²) in [5.41, 5.74) is 5.89. The van der Waals surface area contributed by atoms with Crippen LogP contribution in [0.2, 0.25) is 25.7 Å². The molecule has 0 fully saturated rings. The number of carboxylic acid groups (broad SMARTS) is 1. The molecule has 2 aromatic rings. The zero-order chi connectivity index (χ0) is 25.4. The van der Waals surface area contributed by atoms with Crippen molar-refractivity contribution in [2.75, 3.05) is 19.8 Å². The number of rotatable bonds is 14. The van der Waals surface area contributed by atoms with Gasteiger partial charge in [0, 0.05) is 39.4 Å². The van der Waals surface area contributed by atoms with Gasteiger partial charge in [-0.2, -0.15) is 13.2 Å². The molecule has 0 aromatic carbocycles. The summed E-state index contributed by atoms with van der Waals surface area (Å²) in [6, 6.07) is 4.03. The highest BCUT2D eigenvalue weighted by Gasteiger charge is 2.42. The molecule has 0 aliphatic carbocycles. The molecular formula is C20H31F3N6O4Si. The van der Waals surface area contributed by atoms with Crippen molar-refractivity contribution in [2.45, 2.75) is 57.4 Å². The zero-order valence-corrected chi connectivity index (χ0v) is 20.5.